The number of benzene rings is 1. The lowest BCUT2D eigenvalue weighted by Gasteiger charge is -2.24. The number of rotatable bonds is 14. The molecule has 0 saturated carbocycles. The third kappa shape index (κ3) is 11.1. The number of allylic oxidation sites excluding steroid dienone is 1. The number of nitrogens with two attached hydrogens (primary N) is 1. The second kappa shape index (κ2) is 17.7. The largest absolute Gasteiger partial charge is 0.322 e. The molecule has 2 N–H and O–H groups in total. The minimum Gasteiger partial charge on any atom is -0.322 e. The smallest absolute Gasteiger partial charge is 0.0392 e. The molecule has 1 rings (SSSR count). The van der Waals surface area contributed by atoms with Crippen molar-refractivity contribution in [2.24, 2.45) is 17.6 Å². The molecule has 1 nitrogen and oxygen atoms in total. The molecule has 1 aromatic rings. The Labute approximate surface area is 168 Å². The zero-order valence-corrected chi connectivity index (χ0v) is 18.6. The van der Waals surface area contributed by atoms with Crippen LogP contribution in [-0.4, -0.2) is 11.6 Å². The predicted molar refractivity (Wildman–Crippen MR) is 123 cm³/mol. The lowest BCUT2D eigenvalue weighted by atomic mass is 9.85. The molecule has 0 radical (unpaired) electrons. The minimum absolute atomic E-state index is 0.608. The van der Waals surface area contributed by atoms with Crippen LogP contribution in [0.15, 0.2) is 36.9 Å². The van der Waals surface area contributed by atoms with Gasteiger partial charge in [0.15, 0.2) is 0 Å². The molecule has 0 fully saturated rings. The van der Waals surface area contributed by atoms with Gasteiger partial charge in [-0.25, -0.2) is 0 Å². The van der Waals surface area contributed by atoms with Crippen LogP contribution in [0, 0.1) is 11.8 Å². The number of hydrogen-bond donors (Lipinski definition) is 1. The van der Waals surface area contributed by atoms with Gasteiger partial charge in [-0.1, -0.05) is 83.7 Å². The fraction of sp³-hybridized carbons (Fsp3) is 0.667. The summed E-state index contributed by atoms with van der Waals surface area (Å²) in [6.45, 7) is 12.6. The monoisotopic (exact) mass is 377 g/mol. The number of hydrogen-bond acceptors (Lipinski definition) is 2. The van der Waals surface area contributed by atoms with Gasteiger partial charge in [0.1, 0.15) is 0 Å². The Kier molecular flexibility index (Phi) is 17.2. The highest BCUT2D eigenvalue weighted by Gasteiger charge is 2.18. The fourth-order valence-corrected chi connectivity index (χ4v) is 4.19. The van der Waals surface area contributed by atoms with Gasteiger partial charge in [0, 0.05) is 5.88 Å². The highest BCUT2D eigenvalue weighted by atomic mass is 32.2. The third-order valence-electron chi connectivity index (χ3n) is 4.86. The van der Waals surface area contributed by atoms with Crippen molar-refractivity contribution in [1.82, 2.24) is 0 Å². The first kappa shape index (κ1) is 25.3. The van der Waals surface area contributed by atoms with E-state index in [1.54, 1.807) is 0 Å². The molecule has 0 spiro atoms. The number of unbranched alkanes of at least 4 members (excludes halogenated alkanes) is 2. The van der Waals surface area contributed by atoms with E-state index in [0.717, 1.165) is 18.2 Å². The van der Waals surface area contributed by atoms with Crippen LogP contribution in [0.3, 0.4) is 0 Å². The zero-order valence-electron chi connectivity index (χ0n) is 17.8. The highest BCUT2D eigenvalue weighted by molar-refractivity contribution is 7.99. The number of aryl methyl sites for hydroxylation is 2. The topological polar surface area (TPSA) is 26.0 Å². The highest BCUT2D eigenvalue weighted by Crippen LogP contribution is 2.28. The Morgan fingerprint density at radius 1 is 0.962 bits per heavy atom. The fourth-order valence-electron chi connectivity index (χ4n) is 3.34. The van der Waals surface area contributed by atoms with Crippen molar-refractivity contribution in [2.45, 2.75) is 79.1 Å². The van der Waals surface area contributed by atoms with Crippen LogP contribution in [0.5, 0.6) is 0 Å². The molecular weight excluding hydrogens is 334 g/mol. The first-order chi connectivity index (χ1) is 12.7. The normalized spacial score (nSPS) is 12.8. The Hall–Kier alpha value is -0.730. The summed E-state index contributed by atoms with van der Waals surface area (Å²) >= 11 is 1.88. The van der Waals surface area contributed by atoms with Crippen molar-refractivity contribution in [1.29, 1.82) is 0 Å². The van der Waals surface area contributed by atoms with Crippen LogP contribution < -0.4 is 5.73 Å². The Morgan fingerprint density at radius 2 is 1.58 bits per heavy atom. The van der Waals surface area contributed by atoms with Crippen LogP contribution in [0.2, 0.25) is 0 Å². The molecule has 2 heteroatoms. The van der Waals surface area contributed by atoms with Crippen molar-refractivity contribution in [2.75, 3.05) is 11.6 Å². The van der Waals surface area contributed by atoms with Gasteiger partial charge < -0.3 is 5.73 Å². The summed E-state index contributed by atoms with van der Waals surface area (Å²) in [6, 6.07) is 9.22. The first-order valence-corrected chi connectivity index (χ1v) is 11.9. The SMILES string of the molecule is C=CC(CCc1ccc(CCC)cc1)C(CCCCC)CSCN.CC. The van der Waals surface area contributed by atoms with Crippen molar-refractivity contribution in [3.8, 4) is 0 Å². The molecular formula is C24H43NS. The molecule has 0 heterocycles. The quantitative estimate of drug-likeness (QED) is 0.210. The average Bonchev–Trinajstić information content (AvgIpc) is 2.69. The Balaban J connectivity index is 0.00000301. The molecule has 2 unspecified atom stereocenters. The molecule has 0 aliphatic rings. The summed E-state index contributed by atoms with van der Waals surface area (Å²) in [5.74, 6) is 3.23. The van der Waals surface area contributed by atoms with Gasteiger partial charge in [-0.3, -0.25) is 0 Å². The van der Waals surface area contributed by atoms with E-state index in [-0.39, 0.29) is 0 Å². The molecule has 0 aliphatic carbocycles. The maximum absolute atomic E-state index is 5.71. The van der Waals surface area contributed by atoms with Gasteiger partial charge in [0.05, 0.1) is 0 Å². The van der Waals surface area contributed by atoms with E-state index in [4.69, 9.17) is 5.73 Å². The van der Waals surface area contributed by atoms with Crippen molar-refractivity contribution in [3.63, 3.8) is 0 Å². The van der Waals surface area contributed by atoms with Crippen LogP contribution in [-0.2, 0) is 12.8 Å². The van der Waals surface area contributed by atoms with Gasteiger partial charge in [-0.15, -0.1) is 18.3 Å². The molecule has 0 saturated heterocycles. The molecule has 0 aliphatic heterocycles. The summed E-state index contributed by atoms with van der Waals surface area (Å²) in [6.07, 6.45) is 12.2. The van der Waals surface area contributed by atoms with E-state index in [0.29, 0.717) is 5.92 Å². The van der Waals surface area contributed by atoms with E-state index >= 15 is 0 Å². The van der Waals surface area contributed by atoms with Crippen LogP contribution in [0.4, 0.5) is 0 Å². The van der Waals surface area contributed by atoms with E-state index in [1.165, 1.54) is 61.8 Å². The lowest BCUT2D eigenvalue weighted by Crippen LogP contribution is -2.17. The van der Waals surface area contributed by atoms with Crippen molar-refractivity contribution < 1.29 is 0 Å². The molecule has 0 bridgehead atoms. The summed E-state index contributed by atoms with van der Waals surface area (Å²) in [5, 5.41) is 0. The second-order valence-electron chi connectivity index (χ2n) is 6.80. The molecule has 0 aromatic heterocycles. The maximum Gasteiger partial charge on any atom is 0.0392 e. The lowest BCUT2D eigenvalue weighted by molar-refractivity contribution is 0.374. The van der Waals surface area contributed by atoms with Crippen molar-refractivity contribution >= 4 is 11.8 Å². The Bertz CT molecular complexity index is 426. The first-order valence-electron chi connectivity index (χ1n) is 10.7. The number of thioether (sulfide) groups is 1. The van der Waals surface area contributed by atoms with Crippen LogP contribution in [0.25, 0.3) is 0 Å². The third-order valence-corrected chi connectivity index (χ3v) is 5.76. The van der Waals surface area contributed by atoms with Gasteiger partial charge in [0.25, 0.3) is 0 Å². The summed E-state index contributed by atoms with van der Waals surface area (Å²) in [4.78, 5) is 0. The van der Waals surface area contributed by atoms with Gasteiger partial charge in [-0.2, -0.15) is 0 Å². The van der Waals surface area contributed by atoms with E-state index in [1.807, 2.05) is 25.6 Å². The zero-order chi connectivity index (χ0) is 19.6. The van der Waals surface area contributed by atoms with E-state index in [9.17, 15) is 0 Å². The van der Waals surface area contributed by atoms with Gasteiger partial charge in [-0.05, 0) is 54.4 Å². The summed E-state index contributed by atoms with van der Waals surface area (Å²) < 4.78 is 0. The predicted octanol–water partition coefficient (Wildman–Crippen LogP) is 7.25. The Morgan fingerprint density at radius 3 is 2.08 bits per heavy atom. The molecule has 0 amide bonds. The maximum atomic E-state index is 5.71. The average molecular weight is 378 g/mol. The molecule has 2 atom stereocenters. The van der Waals surface area contributed by atoms with Crippen molar-refractivity contribution in [3.05, 3.63) is 48.0 Å². The second-order valence-corrected chi connectivity index (χ2v) is 7.87. The van der Waals surface area contributed by atoms with Gasteiger partial charge in [0.2, 0.25) is 0 Å². The standard InChI is InChI=1S/C22H37NS.C2H6/c1-4-7-8-10-22(17-24-18-23)21(6-3)16-15-20-13-11-19(9-5-2)12-14-20;1-2/h6,11-14,21-22H,3-5,7-10,15-18,23H2,1-2H3;1-2H3. The van der Waals surface area contributed by atoms with Crippen LogP contribution >= 0.6 is 11.8 Å². The summed E-state index contributed by atoms with van der Waals surface area (Å²) in [7, 11) is 0. The molecule has 150 valence electrons. The summed E-state index contributed by atoms with van der Waals surface area (Å²) in [5.41, 5.74) is 8.63. The van der Waals surface area contributed by atoms with Gasteiger partial charge >= 0.3 is 0 Å². The molecule has 26 heavy (non-hydrogen) atoms. The van der Waals surface area contributed by atoms with Crippen LogP contribution in [0.1, 0.15) is 77.3 Å². The van der Waals surface area contributed by atoms with E-state index < -0.39 is 0 Å². The van der Waals surface area contributed by atoms with E-state index in [2.05, 4.69) is 50.8 Å². The minimum atomic E-state index is 0.608. The molecule has 1 aromatic carbocycles.